The molecule has 1 N–H and O–H groups in total. The van der Waals surface area contributed by atoms with Crippen LogP contribution in [-0.4, -0.2) is 25.2 Å². The lowest BCUT2D eigenvalue weighted by molar-refractivity contribution is 0.0602. The van der Waals surface area contributed by atoms with Gasteiger partial charge in [-0.25, -0.2) is 4.79 Å². The van der Waals surface area contributed by atoms with Gasteiger partial charge in [0.05, 0.1) is 24.1 Å². The third-order valence-corrected chi connectivity index (χ3v) is 3.33. The van der Waals surface area contributed by atoms with Crippen LogP contribution in [0.2, 0.25) is 0 Å². The molecule has 0 unspecified atom stereocenters. The number of amides is 1. The van der Waals surface area contributed by atoms with Crippen LogP contribution in [0.25, 0.3) is 0 Å². The van der Waals surface area contributed by atoms with Gasteiger partial charge in [0.1, 0.15) is 5.76 Å². The summed E-state index contributed by atoms with van der Waals surface area (Å²) in [7, 11) is 1.29. The summed E-state index contributed by atoms with van der Waals surface area (Å²) in [5.41, 5.74) is 0.682. The highest BCUT2D eigenvalue weighted by molar-refractivity contribution is 7.97. The molecule has 21 heavy (non-hydrogen) atoms. The lowest BCUT2D eigenvalue weighted by atomic mass is 10.2. The molecule has 0 saturated heterocycles. The van der Waals surface area contributed by atoms with Gasteiger partial charge in [-0.1, -0.05) is 12.1 Å². The Hall–Kier alpha value is -2.21. The first kappa shape index (κ1) is 15.2. The molecule has 110 valence electrons. The van der Waals surface area contributed by atoms with Crippen LogP contribution in [0.4, 0.5) is 5.69 Å². The van der Waals surface area contributed by atoms with Crippen molar-refractivity contribution in [2.45, 2.75) is 5.75 Å². The molecule has 6 heteroatoms. The van der Waals surface area contributed by atoms with Crippen LogP contribution in [0.15, 0.2) is 40.8 Å². The molecule has 5 nitrogen and oxygen atoms in total. The smallest absolute Gasteiger partial charge is 0.339 e. The Morgan fingerprint density at radius 1 is 1.24 bits per heavy atom. The van der Waals surface area contributed by atoms with Crippen LogP contribution in [-0.2, 0) is 10.5 Å². The minimum atomic E-state index is -0.506. The molecule has 0 spiro atoms. The minimum absolute atomic E-state index is 0.207. The Kier molecular flexibility index (Phi) is 5.05. The molecule has 1 aromatic carbocycles. The molecule has 2 rings (SSSR count). The maximum atomic E-state index is 12.1. The molecule has 0 atom stereocenters. The molecular weight excluding hydrogens is 290 g/mol. The summed E-state index contributed by atoms with van der Waals surface area (Å²) in [4.78, 5) is 23.8. The van der Waals surface area contributed by atoms with Crippen molar-refractivity contribution in [3.8, 4) is 0 Å². The molecule has 1 heterocycles. The van der Waals surface area contributed by atoms with E-state index in [2.05, 4.69) is 10.1 Å². The first-order valence-electron chi connectivity index (χ1n) is 6.22. The Morgan fingerprint density at radius 2 is 2.00 bits per heavy atom. The van der Waals surface area contributed by atoms with Crippen LogP contribution in [0, 0.1) is 0 Å². The van der Waals surface area contributed by atoms with E-state index in [9.17, 15) is 9.59 Å². The molecule has 2 aromatic rings. The molecule has 1 amide bonds. The van der Waals surface area contributed by atoms with E-state index in [1.165, 1.54) is 7.11 Å². The first-order valence-corrected chi connectivity index (χ1v) is 7.61. The van der Waals surface area contributed by atoms with Crippen molar-refractivity contribution in [3.05, 3.63) is 53.5 Å². The quantitative estimate of drug-likeness (QED) is 0.859. The van der Waals surface area contributed by atoms with Crippen molar-refractivity contribution in [3.63, 3.8) is 0 Å². The van der Waals surface area contributed by atoms with Crippen molar-refractivity contribution in [2.75, 3.05) is 18.7 Å². The van der Waals surface area contributed by atoms with Crippen molar-refractivity contribution in [2.24, 2.45) is 0 Å². The van der Waals surface area contributed by atoms with Gasteiger partial charge < -0.3 is 14.5 Å². The standard InChI is InChI=1S/C15H15NO4S/c1-19-15(18)11-5-3-4-6-12(11)16-14(17)13-8-7-10(20-13)9-21-2/h3-8H,9H2,1-2H3,(H,16,17). The van der Waals surface area contributed by atoms with E-state index >= 15 is 0 Å². The lowest BCUT2D eigenvalue weighted by Crippen LogP contribution is -2.14. The number of hydrogen-bond acceptors (Lipinski definition) is 5. The predicted octanol–water partition coefficient (Wildman–Crippen LogP) is 3.18. The number of anilines is 1. The number of para-hydroxylation sites is 1. The largest absolute Gasteiger partial charge is 0.465 e. The number of carbonyl (C=O) groups is 2. The molecule has 1 aromatic heterocycles. The van der Waals surface area contributed by atoms with E-state index in [0.717, 1.165) is 5.76 Å². The number of rotatable bonds is 5. The normalized spacial score (nSPS) is 10.2. The molecular formula is C15H15NO4S. The van der Waals surface area contributed by atoms with Crippen LogP contribution in [0.1, 0.15) is 26.7 Å². The average Bonchev–Trinajstić information content (AvgIpc) is 2.96. The van der Waals surface area contributed by atoms with Gasteiger partial charge in [-0.2, -0.15) is 11.8 Å². The number of benzene rings is 1. The summed E-state index contributed by atoms with van der Waals surface area (Å²) >= 11 is 1.61. The second kappa shape index (κ2) is 6.99. The van der Waals surface area contributed by atoms with Gasteiger partial charge in [0, 0.05) is 0 Å². The fourth-order valence-electron chi connectivity index (χ4n) is 1.78. The third-order valence-electron chi connectivity index (χ3n) is 2.75. The van der Waals surface area contributed by atoms with Gasteiger partial charge in [-0.3, -0.25) is 4.79 Å². The summed E-state index contributed by atoms with van der Waals surface area (Å²) in [6.07, 6.45) is 1.95. The average molecular weight is 305 g/mol. The van der Waals surface area contributed by atoms with Gasteiger partial charge in [0.15, 0.2) is 5.76 Å². The van der Waals surface area contributed by atoms with E-state index in [1.54, 1.807) is 48.2 Å². The van der Waals surface area contributed by atoms with E-state index < -0.39 is 11.9 Å². The van der Waals surface area contributed by atoms with Gasteiger partial charge >= 0.3 is 5.97 Å². The van der Waals surface area contributed by atoms with Crippen LogP contribution < -0.4 is 5.32 Å². The summed E-state index contributed by atoms with van der Waals surface area (Å²) in [6, 6.07) is 10.0. The second-order valence-corrected chi connectivity index (χ2v) is 5.06. The number of methoxy groups -OCH3 is 1. The number of carbonyl (C=O) groups excluding carboxylic acids is 2. The number of furan rings is 1. The number of thioether (sulfide) groups is 1. The van der Waals surface area contributed by atoms with E-state index in [1.807, 2.05) is 6.26 Å². The van der Waals surface area contributed by atoms with Crippen LogP contribution in [0.5, 0.6) is 0 Å². The van der Waals surface area contributed by atoms with Gasteiger partial charge in [0.2, 0.25) is 0 Å². The summed E-state index contributed by atoms with van der Waals surface area (Å²) in [5.74, 6) is 0.728. The molecule has 0 fully saturated rings. The summed E-state index contributed by atoms with van der Waals surface area (Å²) < 4.78 is 10.1. The molecule has 0 radical (unpaired) electrons. The Balaban J connectivity index is 2.17. The predicted molar refractivity (Wildman–Crippen MR) is 81.7 cm³/mol. The van der Waals surface area contributed by atoms with Crippen molar-refractivity contribution in [1.82, 2.24) is 0 Å². The molecule has 0 aliphatic rings. The first-order chi connectivity index (χ1) is 10.2. The topological polar surface area (TPSA) is 68.5 Å². The Labute approximate surface area is 126 Å². The maximum absolute atomic E-state index is 12.1. The minimum Gasteiger partial charge on any atom is -0.465 e. The maximum Gasteiger partial charge on any atom is 0.339 e. The zero-order chi connectivity index (χ0) is 15.2. The van der Waals surface area contributed by atoms with Gasteiger partial charge in [-0.15, -0.1) is 0 Å². The Bertz CT molecular complexity index is 651. The molecule has 0 aliphatic heterocycles. The summed E-state index contributed by atoms with van der Waals surface area (Å²) in [6.45, 7) is 0. The van der Waals surface area contributed by atoms with Gasteiger partial charge in [-0.05, 0) is 30.5 Å². The number of ether oxygens (including phenoxy) is 1. The monoisotopic (exact) mass is 305 g/mol. The second-order valence-electron chi connectivity index (χ2n) is 4.19. The number of nitrogens with one attached hydrogen (secondary N) is 1. The number of hydrogen-bond donors (Lipinski definition) is 1. The lowest BCUT2D eigenvalue weighted by Gasteiger charge is -2.08. The zero-order valence-electron chi connectivity index (χ0n) is 11.7. The number of esters is 1. The van der Waals surface area contributed by atoms with E-state index in [-0.39, 0.29) is 5.76 Å². The fourth-order valence-corrected chi connectivity index (χ4v) is 2.22. The highest BCUT2D eigenvalue weighted by Gasteiger charge is 2.16. The third kappa shape index (κ3) is 3.66. The molecule has 0 saturated carbocycles. The van der Waals surface area contributed by atoms with E-state index in [4.69, 9.17) is 4.42 Å². The highest BCUT2D eigenvalue weighted by Crippen LogP contribution is 2.19. The highest BCUT2D eigenvalue weighted by atomic mass is 32.2. The van der Waals surface area contributed by atoms with Crippen molar-refractivity contribution >= 4 is 29.3 Å². The van der Waals surface area contributed by atoms with Crippen LogP contribution in [0.3, 0.4) is 0 Å². The van der Waals surface area contributed by atoms with Crippen molar-refractivity contribution in [1.29, 1.82) is 0 Å². The molecule has 0 aliphatic carbocycles. The molecule has 0 bridgehead atoms. The zero-order valence-corrected chi connectivity index (χ0v) is 12.5. The van der Waals surface area contributed by atoms with E-state index in [0.29, 0.717) is 17.0 Å². The SMILES string of the molecule is COC(=O)c1ccccc1NC(=O)c1ccc(CSC)o1. The van der Waals surface area contributed by atoms with Gasteiger partial charge in [0.25, 0.3) is 5.91 Å². The fraction of sp³-hybridized carbons (Fsp3) is 0.200. The van der Waals surface area contributed by atoms with Crippen LogP contribution >= 0.6 is 11.8 Å². The summed E-state index contributed by atoms with van der Waals surface area (Å²) in [5, 5.41) is 2.66. The Morgan fingerprint density at radius 3 is 2.71 bits per heavy atom. The van der Waals surface area contributed by atoms with Crippen molar-refractivity contribution < 1.29 is 18.7 Å².